The van der Waals surface area contributed by atoms with Gasteiger partial charge in [0.2, 0.25) is 0 Å². The van der Waals surface area contributed by atoms with Crippen LogP contribution in [-0.2, 0) is 0 Å². The summed E-state index contributed by atoms with van der Waals surface area (Å²) < 4.78 is 1.28. The van der Waals surface area contributed by atoms with E-state index in [1.165, 1.54) is 35.7 Å². The summed E-state index contributed by atoms with van der Waals surface area (Å²) in [6.45, 7) is 1.98. The zero-order valence-corrected chi connectivity index (χ0v) is 11.1. The Morgan fingerprint density at radius 1 is 1.27 bits per heavy atom. The second kappa shape index (κ2) is 4.72. The van der Waals surface area contributed by atoms with Crippen molar-refractivity contribution in [2.24, 2.45) is 5.92 Å². The van der Waals surface area contributed by atoms with E-state index in [1.54, 1.807) is 0 Å². The maximum absolute atomic E-state index is 11.4. The molecule has 0 saturated heterocycles. The molecule has 0 spiro atoms. The lowest BCUT2D eigenvalue weighted by Gasteiger charge is -2.34. The van der Waals surface area contributed by atoms with Gasteiger partial charge in [0.05, 0.1) is 6.04 Å². The summed E-state index contributed by atoms with van der Waals surface area (Å²) in [5.41, 5.74) is 1.02. The van der Waals surface area contributed by atoms with Crippen molar-refractivity contribution in [3.8, 4) is 0 Å². The van der Waals surface area contributed by atoms with Gasteiger partial charge in [-0.2, -0.15) is 0 Å². The van der Waals surface area contributed by atoms with E-state index < -0.39 is 0 Å². The number of allylic oxidation sites excluding steroid dienone is 1. The first kappa shape index (κ1) is 11.2. The summed E-state index contributed by atoms with van der Waals surface area (Å²) in [5, 5.41) is 5.87. The molecule has 1 saturated carbocycles. The number of halogens is 1. The zero-order valence-electron chi connectivity index (χ0n) is 8.98. The van der Waals surface area contributed by atoms with Crippen LogP contribution in [0.4, 0.5) is 4.79 Å². The van der Waals surface area contributed by atoms with Gasteiger partial charge in [0.1, 0.15) is 0 Å². The highest BCUT2D eigenvalue weighted by Gasteiger charge is 2.31. The number of hydrogen-bond donors (Lipinski definition) is 2. The van der Waals surface area contributed by atoms with Crippen LogP contribution in [0.2, 0.25) is 0 Å². The molecular formula is C11H17IN2O. The minimum atomic E-state index is -0.0384. The summed E-state index contributed by atoms with van der Waals surface area (Å²) in [4.78, 5) is 11.4. The van der Waals surface area contributed by atoms with Gasteiger partial charge in [-0.1, -0.05) is 19.3 Å². The number of nitrogens with one attached hydrogen (secondary N) is 2. The third-order valence-corrected chi connectivity index (χ3v) is 4.82. The summed E-state index contributed by atoms with van der Waals surface area (Å²) in [7, 11) is 0. The van der Waals surface area contributed by atoms with Gasteiger partial charge < -0.3 is 10.6 Å². The largest absolute Gasteiger partial charge is 0.330 e. The number of hydrogen-bond acceptors (Lipinski definition) is 1. The van der Waals surface area contributed by atoms with Crippen LogP contribution >= 0.6 is 22.6 Å². The van der Waals surface area contributed by atoms with Crippen molar-refractivity contribution in [2.45, 2.75) is 45.1 Å². The van der Waals surface area contributed by atoms with Crippen molar-refractivity contribution < 1.29 is 4.79 Å². The first-order chi connectivity index (χ1) is 7.18. The van der Waals surface area contributed by atoms with Crippen LogP contribution in [0.15, 0.2) is 9.28 Å². The van der Waals surface area contributed by atoms with Crippen LogP contribution in [0, 0.1) is 5.92 Å². The normalized spacial score (nSPS) is 28.7. The third kappa shape index (κ3) is 2.46. The van der Waals surface area contributed by atoms with Gasteiger partial charge in [-0.25, -0.2) is 4.79 Å². The molecule has 1 aliphatic heterocycles. The molecule has 2 N–H and O–H groups in total. The topological polar surface area (TPSA) is 41.1 Å². The fourth-order valence-corrected chi connectivity index (χ4v) is 3.30. The first-order valence-electron chi connectivity index (χ1n) is 5.62. The average Bonchev–Trinajstić information content (AvgIpc) is 2.24. The molecule has 1 aliphatic carbocycles. The molecule has 2 amide bonds. The Kier molecular flexibility index (Phi) is 3.53. The van der Waals surface area contributed by atoms with Gasteiger partial charge in [-0.05, 0) is 48.3 Å². The summed E-state index contributed by atoms with van der Waals surface area (Å²) in [6.07, 6.45) is 6.49. The van der Waals surface area contributed by atoms with E-state index in [4.69, 9.17) is 0 Å². The molecule has 1 fully saturated rings. The molecule has 0 radical (unpaired) electrons. The fourth-order valence-electron chi connectivity index (χ4n) is 2.50. The molecule has 84 valence electrons. The van der Waals surface area contributed by atoms with Gasteiger partial charge >= 0.3 is 6.03 Å². The van der Waals surface area contributed by atoms with Crippen LogP contribution < -0.4 is 10.6 Å². The highest BCUT2D eigenvalue weighted by Crippen LogP contribution is 2.33. The van der Waals surface area contributed by atoms with E-state index in [0.717, 1.165) is 5.70 Å². The second-order valence-corrected chi connectivity index (χ2v) is 5.61. The number of carbonyl (C=O) groups excluding carboxylic acids is 1. The summed E-state index contributed by atoms with van der Waals surface area (Å²) in [5.74, 6) is 0.645. The van der Waals surface area contributed by atoms with Gasteiger partial charge in [0, 0.05) is 9.28 Å². The standard InChI is InChI=1S/C11H17IN2O/c1-7-9(12)10(14-11(15)13-7)8-5-3-2-4-6-8/h8,10H,2-6H2,1H3,(H2,13,14,15). The van der Waals surface area contributed by atoms with Crippen LogP contribution in [0.1, 0.15) is 39.0 Å². The van der Waals surface area contributed by atoms with Gasteiger partial charge in [-0.15, -0.1) is 0 Å². The van der Waals surface area contributed by atoms with Gasteiger partial charge in [-0.3, -0.25) is 0 Å². The van der Waals surface area contributed by atoms with Crippen molar-refractivity contribution in [2.75, 3.05) is 0 Å². The molecular weight excluding hydrogens is 303 g/mol. The minimum absolute atomic E-state index is 0.0384. The second-order valence-electron chi connectivity index (χ2n) is 4.45. The molecule has 0 aromatic rings. The average molecular weight is 320 g/mol. The number of amides is 2. The predicted octanol–water partition coefficient (Wildman–Crippen LogP) is 2.91. The molecule has 2 rings (SSSR count). The highest BCUT2D eigenvalue weighted by atomic mass is 127. The predicted molar refractivity (Wildman–Crippen MR) is 68.8 cm³/mol. The van der Waals surface area contributed by atoms with Crippen LogP contribution in [0.25, 0.3) is 0 Å². The van der Waals surface area contributed by atoms with E-state index >= 15 is 0 Å². The van der Waals surface area contributed by atoms with E-state index in [0.29, 0.717) is 5.92 Å². The number of rotatable bonds is 1. The molecule has 4 heteroatoms. The van der Waals surface area contributed by atoms with Gasteiger partial charge in [0.15, 0.2) is 0 Å². The Balaban J connectivity index is 2.12. The molecule has 1 unspecified atom stereocenters. The smallest absolute Gasteiger partial charge is 0.319 e. The maximum atomic E-state index is 11.4. The van der Waals surface area contributed by atoms with E-state index in [2.05, 4.69) is 33.2 Å². The number of carbonyl (C=O) groups is 1. The molecule has 1 atom stereocenters. The Bertz CT molecular complexity index is 295. The van der Waals surface area contributed by atoms with Crippen LogP contribution in [0.5, 0.6) is 0 Å². The van der Waals surface area contributed by atoms with E-state index in [-0.39, 0.29) is 12.1 Å². The third-order valence-electron chi connectivity index (χ3n) is 3.34. The molecule has 15 heavy (non-hydrogen) atoms. The van der Waals surface area contributed by atoms with Crippen molar-refractivity contribution >= 4 is 28.6 Å². The van der Waals surface area contributed by atoms with Crippen molar-refractivity contribution in [3.05, 3.63) is 9.28 Å². The fraction of sp³-hybridized carbons (Fsp3) is 0.727. The van der Waals surface area contributed by atoms with Gasteiger partial charge in [0.25, 0.3) is 0 Å². The SMILES string of the molecule is CC1=C(I)C(C2CCCCC2)NC(=O)N1. The molecule has 1 heterocycles. The lowest BCUT2D eigenvalue weighted by Crippen LogP contribution is -2.50. The molecule has 0 bridgehead atoms. The minimum Gasteiger partial charge on any atom is -0.330 e. The molecule has 0 aromatic heterocycles. The number of urea groups is 1. The van der Waals surface area contributed by atoms with E-state index in [1.807, 2.05) is 6.92 Å². The maximum Gasteiger partial charge on any atom is 0.319 e. The zero-order chi connectivity index (χ0) is 10.8. The Morgan fingerprint density at radius 3 is 2.60 bits per heavy atom. The van der Waals surface area contributed by atoms with Crippen molar-refractivity contribution in [1.29, 1.82) is 0 Å². The summed E-state index contributed by atoms with van der Waals surface area (Å²) >= 11 is 2.36. The highest BCUT2D eigenvalue weighted by molar-refractivity contribution is 14.1. The van der Waals surface area contributed by atoms with Crippen molar-refractivity contribution in [1.82, 2.24) is 10.6 Å². The lowest BCUT2D eigenvalue weighted by molar-refractivity contribution is 0.227. The molecule has 3 nitrogen and oxygen atoms in total. The summed E-state index contributed by atoms with van der Waals surface area (Å²) in [6, 6.07) is 0.225. The van der Waals surface area contributed by atoms with Crippen LogP contribution in [-0.4, -0.2) is 12.1 Å². The Hall–Kier alpha value is -0.260. The van der Waals surface area contributed by atoms with E-state index in [9.17, 15) is 4.79 Å². The Morgan fingerprint density at radius 2 is 1.93 bits per heavy atom. The molecule has 2 aliphatic rings. The van der Waals surface area contributed by atoms with Crippen LogP contribution in [0.3, 0.4) is 0 Å². The Labute approximate surface area is 104 Å². The van der Waals surface area contributed by atoms with Crippen molar-refractivity contribution in [3.63, 3.8) is 0 Å². The lowest BCUT2D eigenvalue weighted by atomic mass is 9.83. The monoisotopic (exact) mass is 320 g/mol. The molecule has 0 aromatic carbocycles. The quantitative estimate of drug-likeness (QED) is 0.717. The first-order valence-corrected chi connectivity index (χ1v) is 6.70.